The Balaban J connectivity index is 1.72. The monoisotopic (exact) mass is 566 g/mol. The molecule has 5 atom stereocenters. The van der Waals surface area contributed by atoms with Crippen molar-refractivity contribution in [1.29, 1.82) is 0 Å². The molecule has 2 aliphatic rings. The average Bonchev–Trinajstić information content (AvgIpc) is 2.96. The Morgan fingerprint density at radius 2 is 1.85 bits per heavy atom. The summed E-state index contributed by atoms with van der Waals surface area (Å²) in [6.45, 7) is 8.01. The van der Waals surface area contributed by atoms with Gasteiger partial charge in [0.25, 0.3) is 11.8 Å². The number of benzene rings is 1. The number of aromatic nitrogens is 1. The molecule has 3 heterocycles. The van der Waals surface area contributed by atoms with E-state index < -0.39 is 66.0 Å². The van der Waals surface area contributed by atoms with Crippen LogP contribution in [0.5, 0.6) is 0 Å². The average molecular weight is 567 g/mol. The summed E-state index contributed by atoms with van der Waals surface area (Å²) in [5, 5.41) is 15.0. The van der Waals surface area contributed by atoms with Crippen LogP contribution < -0.4 is 10.7 Å². The van der Waals surface area contributed by atoms with Gasteiger partial charge in [0.1, 0.15) is 23.6 Å². The van der Waals surface area contributed by atoms with Crippen LogP contribution in [0.4, 0.5) is 0 Å². The second-order valence-electron chi connectivity index (χ2n) is 11.3. The smallest absolute Gasteiger partial charge is 0.325 e. The van der Waals surface area contributed by atoms with E-state index in [1.165, 1.54) is 24.9 Å². The van der Waals surface area contributed by atoms with Crippen LogP contribution in [0.2, 0.25) is 0 Å². The van der Waals surface area contributed by atoms with E-state index in [1.807, 2.05) is 24.3 Å². The third kappa shape index (κ3) is 6.74. The van der Waals surface area contributed by atoms with Crippen LogP contribution >= 0.6 is 0 Å². The Morgan fingerprint density at radius 1 is 1.12 bits per heavy atom. The van der Waals surface area contributed by atoms with E-state index in [-0.39, 0.29) is 0 Å². The first-order chi connectivity index (χ1) is 19.4. The summed E-state index contributed by atoms with van der Waals surface area (Å²) in [6.07, 6.45) is 2.41. The number of aliphatic hydroxyl groups is 1. The van der Waals surface area contributed by atoms with E-state index in [0.717, 1.165) is 10.9 Å². The topological polar surface area (TPSA) is 147 Å². The van der Waals surface area contributed by atoms with Crippen LogP contribution in [0, 0.1) is 11.3 Å². The lowest BCUT2D eigenvalue weighted by Crippen LogP contribution is -2.60. The maximum Gasteiger partial charge on any atom is 0.325 e. The van der Waals surface area contributed by atoms with Gasteiger partial charge in [-0.2, -0.15) is 0 Å². The van der Waals surface area contributed by atoms with Gasteiger partial charge in [0.15, 0.2) is 6.10 Å². The van der Waals surface area contributed by atoms with E-state index in [1.54, 1.807) is 32.9 Å². The number of hydrogen-bond donors (Lipinski definition) is 3. The lowest BCUT2D eigenvalue weighted by molar-refractivity contribution is -0.167. The van der Waals surface area contributed by atoms with Crippen molar-refractivity contribution in [3.05, 3.63) is 47.7 Å². The van der Waals surface area contributed by atoms with Gasteiger partial charge in [-0.15, -0.1) is 0 Å². The van der Waals surface area contributed by atoms with E-state index in [4.69, 9.17) is 14.5 Å². The zero-order chi connectivity index (χ0) is 29.9. The highest BCUT2D eigenvalue weighted by Gasteiger charge is 2.38. The zero-order valence-electron chi connectivity index (χ0n) is 24.0. The minimum absolute atomic E-state index is 0.344. The third-order valence-corrected chi connectivity index (χ3v) is 7.45. The molecule has 41 heavy (non-hydrogen) atoms. The Morgan fingerprint density at radius 3 is 2.56 bits per heavy atom. The maximum absolute atomic E-state index is 13.3. The third-order valence-electron chi connectivity index (χ3n) is 7.45. The number of carbonyl (C=O) groups is 4. The molecule has 3 N–H and O–H groups in total. The number of ether oxygens (including phenoxy) is 2. The summed E-state index contributed by atoms with van der Waals surface area (Å²) >= 11 is 0. The molecule has 0 saturated carbocycles. The van der Waals surface area contributed by atoms with Crippen molar-refractivity contribution in [3.8, 4) is 0 Å². The number of aliphatic hydroxyl groups excluding tert-OH is 1. The van der Waals surface area contributed by atoms with Gasteiger partial charge in [-0.25, -0.2) is 10.4 Å². The summed E-state index contributed by atoms with van der Waals surface area (Å²) in [4.78, 5) is 57.3. The quantitative estimate of drug-likeness (QED) is 0.466. The molecule has 1 fully saturated rings. The van der Waals surface area contributed by atoms with Crippen molar-refractivity contribution in [2.24, 2.45) is 11.3 Å². The minimum atomic E-state index is -1.44. The highest BCUT2D eigenvalue weighted by molar-refractivity contribution is 5.91. The molecule has 220 valence electrons. The van der Waals surface area contributed by atoms with Crippen LogP contribution in [-0.2, 0) is 28.7 Å². The number of pyridine rings is 1. The number of nitrogens with zero attached hydrogens (tertiary/aromatic N) is 2. The fourth-order valence-corrected chi connectivity index (χ4v) is 4.71. The number of rotatable bonds is 2. The summed E-state index contributed by atoms with van der Waals surface area (Å²) < 4.78 is 11.3. The number of nitrogens with one attached hydrogen (secondary N) is 2. The van der Waals surface area contributed by atoms with Crippen molar-refractivity contribution in [3.63, 3.8) is 0 Å². The number of esters is 2. The van der Waals surface area contributed by atoms with Crippen molar-refractivity contribution >= 4 is 40.7 Å². The molecule has 0 spiro atoms. The van der Waals surface area contributed by atoms with Crippen LogP contribution in [-0.4, -0.2) is 70.2 Å². The van der Waals surface area contributed by atoms with Gasteiger partial charge < -0.3 is 19.9 Å². The lowest BCUT2D eigenvalue weighted by Gasteiger charge is -2.35. The van der Waals surface area contributed by atoms with Gasteiger partial charge in [-0.1, -0.05) is 44.2 Å². The normalized spacial score (nSPS) is 29.2. The number of cyclic esters (lactones) is 2. The number of fused-ring (bicyclic) bond motifs is 4. The standard InChI is InChI=1S/C30H38N4O7/c1-17(2)25-26(36)31-18(3)27(37)34-14-6-7-23(33-34)28(38)40-19(4)22-11-10-21-9-8-20(15-24(21)32-22)12-13-30(5,16-35)29(39)41-25/h8-13,15,17-19,23,25,33,35H,6-7,14,16H2,1-5H3,(H,31,36)/b13-12+/t18-,19+,23-,25?,30+/m0/s1. The summed E-state index contributed by atoms with van der Waals surface area (Å²) in [7, 11) is 0. The van der Waals surface area contributed by atoms with E-state index in [2.05, 4.69) is 10.7 Å². The molecule has 4 rings (SSSR count). The van der Waals surface area contributed by atoms with Crippen molar-refractivity contribution in [2.45, 2.75) is 71.8 Å². The molecule has 11 heteroatoms. The Labute approximate surface area is 239 Å². The molecule has 1 aromatic heterocycles. The first kappa shape index (κ1) is 30.1. The van der Waals surface area contributed by atoms with Gasteiger partial charge >= 0.3 is 11.9 Å². The molecule has 1 saturated heterocycles. The molecule has 0 radical (unpaired) electrons. The molecular formula is C30H38N4O7. The fourth-order valence-electron chi connectivity index (χ4n) is 4.71. The summed E-state index contributed by atoms with van der Waals surface area (Å²) in [6, 6.07) is 7.53. The highest BCUT2D eigenvalue weighted by atomic mass is 16.6. The predicted molar refractivity (Wildman–Crippen MR) is 151 cm³/mol. The highest BCUT2D eigenvalue weighted by Crippen LogP contribution is 2.26. The van der Waals surface area contributed by atoms with Crippen LogP contribution in [0.15, 0.2) is 36.4 Å². The lowest BCUT2D eigenvalue weighted by atomic mass is 9.90. The van der Waals surface area contributed by atoms with Crippen molar-refractivity contribution in [2.75, 3.05) is 13.2 Å². The predicted octanol–water partition coefficient (Wildman–Crippen LogP) is 2.43. The number of carbonyl (C=O) groups excluding carboxylic acids is 4. The first-order valence-corrected chi connectivity index (χ1v) is 13.9. The SMILES string of the molecule is CC(C)C1OC(=O)[C@@](C)(CO)/C=C/c2ccc3ccc(nc3c2)[C@@H](C)OC(=O)[C@@H]2CCCN(N2)C(=O)[C@H](C)NC1=O. The molecule has 11 nitrogen and oxygen atoms in total. The molecule has 2 aliphatic heterocycles. The van der Waals surface area contributed by atoms with E-state index in [9.17, 15) is 24.3 Å². The molecule has 1 aromatic carbocycles. The molecule has 2 aromatic rings. The molecule has 1 unspecified atom stereocenters. The van der Waals surface area contributed by atoms with Gasteiger partial charge in [0.2, 0.25) is 0 Å². The molecule has 5 bridgehead atoms. The maximum atomic E-state index is 13.3. The Hall–Kier alpha value is -3.83. The van der Waals surface area contributed by atoms with Gasteiger partial charge in [-0.05, 0) is 57.2 Å². The van der Waals surface area contributed by atoms with Crippen molar-refractivity contribution < 1.29 is 33.8 Å². The second kappa shape index (κ2) is 12.4. The van der Waals surface area contributed by atoms with Crippen LogP contribution in [0.1, 0.15) is 64.8 Å². The van der Waals surface area contributed by atoms with Crippen LogP contribution in [0.25, 0.3) is 17.0 Å². The second-order valence-corrected chi connectivity index (χ2v) is 11.3. The minimum Gasteiger partial charge on any atom is -0.455 e. The Kier molecular flexibility index (Phi) is 9.08. The zero-order valence-corrected chi connectivity index (χ0v) is 24.0. The van der Waals surface area contributed by atoms with Gasteiger partial charge in [0, 0.05) is 11.9 Å². The van der Waals surface area contributed by atoms with Crippen LogP contribution in [0.3, 0.4) is 0 Å². The van der Waals surface area contributed by atoms with E-state index in [0.29, 0.717) is 30.6 Å². The van der Waals surface area contributed by atoms with Gasteiger partial charge in [0.05, 0.1) is 17.8 Å². The van der Waals surface area contributed by atoms with Crippen molar-refractivity contribution in [1.82, 2.24) is 20.7 Å². The Bertz CT molecular complexity index is 1360. The summed E-state index contributed by atoms with van der Waals surface area (Å²) in [5.74, 6) is -2.78. The largest absolute Gasteiger partial charge is 0.455 e. The number of hydrazine groups is 1. The van der Waals surface area contributed by atoms with E-state index >= 15 is 0 Å². The fraction of sp³-hybridized carbons (Fsp3) is 0.500. The molecule has 0 aliphatic carbocycles. The first-order valence-electron chi connectivity index (χ1n) is 13.9. The summed E-state index contributed by atoms with van der Waals surface area (Å²) in [5.41, 5.74) is 3.44. The van der Waals surface area contributed by atoms with Gasteiger partial charge in [-0.3, -0.25) is 24.2 Å². The molecule has 2 amide bonds. The molecular weight excluding hydrogens is 528 g/mol. The number of amides is 2. The number of hydrogen-bond acceptors (Lipinski definition) is 9.